The lowest BCUT2D eigenvalue weighted by Crippen LogP contribution is -2.22. The van der Waals surface area contributed by atoms with Crippen molar-refractivity contribution >= 4 is 54.7 Å². The van der Waals surface area contributed by atoms with Crippen LogP contribution in [0.4, 0.5) is 5.69 Å². The Kier molecular flexibility index (Phi) is 7.92. The molecule has 0 atom stereocenters. The molecule has 3 rings (SSSR count). The van der Waals surface area contributed by atoms with Gasteiger partial charge in [0.05, 0.1) is 22.0 Å². The fourth-order valence-corrected chi connectivity index (χ4v) is 3.89. The predicted molar refractivity (Wildman–Crippen MR) is 132 cm³/mol. The maximum Gasteiger partial charge on any atom is 0.312 e. The highest BCUT2D eigenvalue weighted by atomic mass is 79.9. The quantitative estimate of drug-likeness (QED) is 0.146. The van der Waals surface area contributed by atoms with Gasteiger partial charge in [-0.15, -0.1) is 0 Å². The van der Waals surface area contributed by atoms with Crippen LogP contribution in [-0.2, 0) is 6.42 Å². The van der Waals surface area contributed by atoms with Crippen LogP contribution >= 0.6 is 31.9 Å². The van der Waals surface area contributed by atoms with Crippen molar-refractivity contribution in [1.82, 2.24) is 9.66 Å². The number of hydrogen-bond donors (Lipinski definition) is 0. The Morgan fingerprint density at radius 3 is 2.75 bits per heavy atom. The zero-order valence-electron chi connectivity index (χ0n) is 17.3. The molecule has 0 unspecified atom stereocenters. The summed E-state index contributed by atoms with van der Waals surface area (Å²) in [4.78, 5) is 28.8. The standard InChI is InChI=1S/C22H20Br2N4O4/c1-3-5-6-20-26-18-8-7-15(23)11-17(18)22(29)27(20)25-13-14-10-16(24)12-19(28(30)31)21(14)32-9-4-2/h4,7-8,10-13H,2-3,5-6,9H2,1H3. The number of nitrogens with zero attached hydrogens (tertiary/aromatic N) is 4. The lowest BCUT2D eigenvalue weighted by Gasteiger charge is -2.11. The zero-order valence-corrected chi connectivity index (χ0v) is 20.4. The maximum absolute atomic E-state index is 13.2. The normalized spacial score (nSPS) is 11.2. The second-order valence-corrected chi connectivity index (χ2v) is 8.69. The van der Waals surface area contributed by atoms with Crippen molar-refractivity contribution in [2.75, 3.05) is 6.61 Å². The van der Waals surface area contributed by atoms with Crippen molar-refractivity contribution in [3.63, 3.8) is 0 Å². The smallest absolute Gasteiger partial charge is 0.312 e. The molecule has 0 aliphatic rings. The molecule has 0 aliphatic carbocycles. The minimum absolute atomic E-state index is 0.0431. The number of nitro groups is 1. The molecule has 10 heteroatoms. The minimum atomic E-state index is -0.533. The number of hydrogen-bond acceptors (Lipinski definition) is 6. The van der Waals surface area contributed by atoms with Gasteiger partial charge in [0.25, 0.3) is 5.56 Å². The number of halogens is 2. The molecule has 0 N–H and O–H groups in total. The molecule has 0 aliphatic heterocycles. The van der Waals surface area contributed by atoms with Gasteiger partial charge in [-0.05, 0) is 30.7 Å². The molecule has 0 saturated carbocycles. The van der Waals surface area contributed by atoms with Crippen LogP contribution in [0.5, 0.6) is 5.75 Å². The molecule has 8 nitrogen and oxygen atoms in total. The summed E-state index contributed by atoms with van der Waals surface area (Å²) in [7, 11) is 0. The van der Waals surface area contributed by atoms with Crippen molar-refractivity contribution in [3.8, 4) is 5.75 Å². The van der Waals surface area contributed by atoms with Crippen LogP contribution in [0.15, 0.2) is 61.8 Å². The van der Waals surface area contributed by atoms with Crippen LogP contribution < -0.4 is 10.3 Å². The Morgan fingerprint density at radius 2 is 2.06 bits per heavy atom. The molecule has 166 valence electrons. The van der Waals surface area contributed by atoms with E-state index in [2.05, 4.69) is 48.5 Å². The van der Waals surface area contributed by atoms with Crippen molar-refractivity contribution in [2.24, 2.45) is 5.10 Å². The molecular weight excluding hydrogens is 544 g/mol. The first-order valence-corrected chi connectivity index (χ1v) is 11.4. The van der Waals surface area contributed by atoms with Gasteiger partial charge in [0.1, 0.15) is 12.4 Å². The molecular formula is C22H20Br2N4O4. The van der Waals surface area contributed by atoms with E-state index >= 15 is 0 Å². The second kappa shape index (κ2) is 10.6. The van der Waals surface area contributed by atoms with E-state index in [0.717, 1.165) is 17.3 Å². The van der Waals surface area contributed by atoms with Crippen LogP contribution in [0, 0.1) is 10.1 Å². The second-order valence-electron chi connectivity index (χ2n) is 6.85. The Labute approximate surface area is 201 Å². The first-order chi connectivity index (χ1) is 15.3. The number of nitro benzene ring substituents is 1. The van der Waals surface area contributed by atoms with Crippen molar-refractivity contribution in [2.45, 2.75) is 26.2 Å². The summed E-state index contributed by atoms with van der Waals surface area (Å²) in [6.45, 7) is 5.71. The molecule has 2 aromatic carbocycles. The van der Waals surface area contributed by atoms with Crippen LogP contribution in [0.1, 0.15) is 31.2 Å². The average molecular weight is 564 g/mol. The lowest BCUT2D eigenvalue weighted by molar-refractivity contribution is -0.385. The summed E-state index contributed by atoms with van der Waals surface area (Å²) in [5.41, 5.74) is 0.387. The molecule has 0 saturated heterocycles. The topological polar surface area (TPSA) is 99.6 Å². The van der Waals surface area contributed by atoms with Gasteiger partial charge >= 0.3 is 5.69 Å². The van der Waals surface area contributed by atoms with Gasteiger partial charge in [-0.1, -0.05) is 57.9 Å². The van der Waals surface area contributed by atoms with Gasteiger partial charge in [-0.2, -0.15) is 9.78 Å². The van der Waals surface area contributed by atoms with Crippen LogP contribution in [0.25, 0.3) is 10.9 Å². The Balaban J connectivity index is 2.19. The Hall–Kier alpha value is -2.85. The third-order valence-corrected chi connectivity index (χ3v) is 5.50. The molecule has 0 bridgehead atoms. The van der Waals surface area contributed by atoms with Gasteiger partial charge < -0.3 is 4.74 Å². The number of rotatable bonds is 9. The fraction of sp³-hybridized carbons (Fsp3) is 0.227. The third-order valence-electron chi connectivity index (χ3n) is 4.55. The van der Waals surface area contributed by atoms with E-state index in [1.807, 2.05) is 13.0 Å². The number of benzene rings is 2. The fourth-order valence-electron chi connectivity index (χ4n) is 3.06. The van der Waals surface area contributed by atoms with E-state index in [1.165, 1.54) is 23.0 Å². The van der Waals surface area contributed by atoms with Gasteiger partial charge in [0.15, 0.2) is 0 Å². The van der Waals surface area contributed by atoms with Gasteiger partial charge in [-0.3, -0.25) is 14.9 Å². The summed E-state index contributed by atoms with van der Waals surface area (Å²) >= 11 is 6.67. The van der Waals surface area contributed by atoms with Crippen LogP contribution in [-0.4, -0.2) is 27.4 Å². The number of ether oxygens (including phenoxy) is 1. The minimum Gasteiger partial charge on any atom is -0.482 e. The summed E-state index contributed by atoms with van der Waals surface area (Å²) in [5, 5.41) is 16.3. The summed E-state index contributed by atoms with van der Waals surface area (Å²) in [6.07, 6.45) is 5.19. The summed E-state index contributed by atoms with van der Waals surface area (Å²) in [6, 6.07) is 8.29. The molecule has 0 amide bonds. The maximum atomic E-state index is 13.2. The SMILES string of the molecule is C=CCOc1c(C=Nn2c(CCCC)nc3ccc(Br)cc3c2=O)cc(Br)cc1[N+](=O)[O-]. The van der Waals surface area contributed by atoms with Crippen molar-refractivity contribution in [1.29, 1.82) is 0 Å². The van der Waals surface area contributed by atoms with Crippen molar-refractivity contribution in [3.05, 3.63) is 83.8 Å². The Bertz CT molecular complexity index is 1270. The molecule has 1 heterocycles. The zero-order chi connectivity index (χ0) is 23.3. The summed E-state index contributed by atoms with van der Waals surface area (Å²) in [5.74, 6) is 0.558. The molecule has 32 heavy (non-hydrogen) atoms. The largest absolute Gasteiger partial charge is 0.482 e. The van der Waals surface area contributed by atoms with E-state index in [9.17, 15) is 14.9 Å². The Morgan fingerprint density at radius 1 is 1.28 bits per heavy atom. The van der Waals surface area contributed by atoms with E-state index < -0.39 is 4.92 Å². The number of aromatic nitrogens is 2. The van der Waals surface area contributed by atoms with Gasteiger partial charge in [0.2, 0.25) is 5.75 Å². The van der Waals surface area contributed by atoms with Crippen LogP contribution in [0.3, 0.4) is 0 Å². The highest BCUT2D eigenvalue weighted by Crippen LogP contribution is 2.34. The van der Waals surface area contributed by atoms with E-state index in [0.29, 0.717) is 33.2 Å². The molecule has 0 spiro atoms. The monoisotopic (exact) mass is 562 g/mol. The van der Waals surface area contributed by atoms with Gasteiger partial charge in [0, 0.05) is 27.0 Å². The molecule has 0 fully saturated rings. The van der Waals surface area contributed by atoms with Gasteiger partial charge in [-0.25, -0.2) is 4.98 Å². The van der Waals surface area contributed by atoms with Crippen LogP contribution in [0.2, 0.25) is 0 Å². The predicted octanol–water partition coefficient (Wildman–Crippen LogP) is 5.62. The number of aryl methyl sites for hydroxylation is 1. The highest BCUT2D eigenvalue weighted by molar-refractivity contribution is 9.10. The van der Waals surface area contributed by atoms with E-state index in [4.69, 9.17) is 4.74 Å². The first-order valence-electron chi connectivity index (χ1n) is 9.82. The highest BCUT2D eigenvalue weighted by Gasteiger charge is 2.20. The van der Waals surface area contributed by atoms with E-state index in [-0.39, 0.29) is 23.6 Å². The average Bonchev–Trinajstić information content (AvgIpc) is 2.76. The number of unbranched alkanes of at least 4 members (excludes halogenated alkanes) is 1. The third kappa shape index (κ3) is 5.31. The lowest BCUT2D eigenvalue weighted by atomic mass is 10.2. The number of fused-ring (bicyclic) bond motifs is 1. The summed E-state index contributed by atoms with van der Waals surface area (Å²) < 4.78 is 8.03. The van der Waals surface area contributed by atoms with Crippen molar-refractivity contribution < 1.29 is 9.66 Å². The molecule has 3 aromatic rings. The molecule has 0 radical (unpaired) electrons. The molecule has 1 aromatic heterocycles. The van der Waals surface area contributed by atoms with E-state index in [1.54, 1.807) is 18.2 Å². The first kappa shape index (κ1) is 23.8.